The molecule has 0 fully saturated rings. The molecule has 0 unspecified atom stereocenters. The Morgan fingerprint density at radius 3 is 2.80 bits per heavy atom. The number of aromatic nitrogens is 1. The molecule has 0 saturated heterocycles. The maximum atomic E-state index is 13.3. The van der Waals surface area contributed by atoms with Crippen molar-refractivity contribution >= 4 is 21.4 Å². The van der Waals surface area contributed by atoms with Crippen molar-refractivity contribution in [2.45, 2.75) is 18.0 Å². The summed E-state index contributed by atoms with van der Waals surface area (Å²) in [6.45, 7) is -0.382. The first-order valence-electron chi connectivity index (χ1n) is 5.68. The van der Waals surface area contributed by atoms with E-state index < -0.39 is 22.4 Å². The predicted octanol–water partition coefficient (Wildman–Crippen LogP) is 1.60. The first kappa shape index (κ1) is 15.0. The van der Waals surface area contributed by atoms with Gasteiger partial charge in [-0.1, -0.05) is 6.07 Å². The number of benzene rings is 1. The summed E-state index contributed by atoms with van der Waals surface area (Å²) in [4.78, 5) is 3.79. The minimum Gasteiger partial charge on any atom is -0.392 e. The van der Waals surface area contributed by atoms with Crippen LogP contribution in [0, 0.1) is 5.82 Å². The van der Waals surface area contributed by atoms with Crippen molar-refractivity contribution in [1.82, 2.24) is 9.29 Å². The SMILES string of the molecule is CN(Cc1cscn1)S(=O)(=O)c1cc(F)ccc1CO. The molecule has 108 valence electrons. The van der Waals surface area contributed by atoms with E-state index in [2.05, 4.69) is 4.98 Å². The highest BCUT2D eigenvalue weighted by Crippen LogP contribution is 2.22. The quantitative estimate of drug-likeness (QED) is 0.909. The monoisotopic (exact) mass is 316 g/mol. The van der Waals surface area contributed by atoms with Gasteiger partial charge in [0.2, 0.25) is 10.0 Å². The first-order chi connectivity index (χ1) is 9.45. The van der Waals surface area contributed by atoms with Crippen molar-refractivity contribution < 1.29 is 17.9 Å². The number of halogens is 1. The van der Waals surface area contributed by atoms with Gasteiger partial charge in [-0.15, -0.1) is 11.3 Å². The number of aliphatic hydroxyl groups excluding tert-OH is 1. The molecule has 0 atom stereocenters. The minimum atomic E-state index is -3.88. The third-order valence-electron chi connectivity index (χ3n) is 2.76. The number of hydrogen-bond acceptors (Lipinski definition) is 5. The largest absolute Gasteiger partial charge is 0.392 e. The molecular formula is C12H13FN2O3S2. The maximum absolute atomic E-state index is 13.3. The fourth-order valence-corrected chi connectivity index (χ4v) is 3.61. The summed E-state index contributed by atoms with van der Waals surface area (Å²) in [5.74, 6) is -0.664. The second kappa shape index (κ2) is 5.96. The van der Waals surface area contributed by atoms with Crippen LogP contribution < -0.4 is 0 Å². The lowest BCUT2D eigenvalue weighted by atomic mass is 10.2. The van der Waals surface area contributed by atoms with Gasteiger partial charge in [0, 0.05) is 12.4 Å². The molecule has 0 spiro atoms. The third kappa shape index (κ3) is 3.04. The van der Waals surface area contributed by atoms with E-state index in [9.17, 15) is 17.9 Å². The Balaban J connectivity index is 2.36. The van der Waals surface area contributed by atoms with Crippen LogP contribution in [-0.2, 0) is 23.2 Å². The van der Waals surface area contributed by atoms with Crippen LogP contribution in [0.3, 0.4) is 0 Å². The van der Waals surface area contributed by atoms with E-state index in [0.29, 0.717) is 5.69 Å². The number of thiazole rings is 1. The summed E-state index contributed by atoms with van der Waals surface area (Å²) in [5.41, 5.74) is 2.39. The summed E-state index contributed by atoms with van der Waals surface area (Å²) in [6.07, 6.45) is 0. The van der Waals surface area contributed by atoms with Crippen LogP contribution in [0.5, 0.6) is 0 Å². The van der Waals surface area contributed by atoms with Crippen molar-refractivity contribution in [3.8, 4) is 0 Å². The molecule has 1 aromatic carbocycles. The smallest absolute Gasteiger partial charge is 0.243 e. The average Bonchev–Trinajstić information content (AvgIpc) is 2.91. The van der Waals surface area contributed by atoms with Gasteiger partial charge in [0.15, 0.2) is 0 Å². The molecule has 1 heterocycles. The normalized spacial score (nSPS) is 12.0. The summed E-state index contributed by atoms with van der Waals surface area (Å²) >= 11 is 1.37. The minimum absolute atomic E-state index is 0.0905. The second-order valence-corrected chi connectivity index (χ2v) is 6.88. The molecule has 5 nitrogen and oxygen atoms in total. The Kier molecular flexibility index (Phi) is 4.48. The number of hydrogen-bond donors (Lipinski definition) is 1. The zero-order valence-corrected chi connectivity index (χ0v) is 12.3. The van der Waals surface area contributed by atoms with Crippen LogP contribution in [0.1, 0.15) is 11.3 Å². The molecule has 2 rings (SSSR count). The highest BCUT2D eigenvalue weighted by molar-refractivity contribution is 7.89. The lowest BCUT2D eigenvalue weighted by Gasteiger charge is -2.18. The Morgan fingerprint density at radius 2 is 2.20 bits per heavy atom. The van der Waals surface area contributed by atoms with Crippen molar-refractivity contribution in [1.29, 1.82) is 0 Å². The van der Waals surface area contributed by atoms with E-state index in [0.717, 1.165) is 16.4 Å². The van der Waals surface area contributed by atoms with E-state index in [4.69, 9.17) is 0 Å². The van der Waals surface area contributed by atoms with Crippen LogP contribution in [0.15, 0.2) is 34.0 Å². The van der Waals surface area contributed by atoms with Gasteiger partial charge in [-0.3, -0.25) is 0 Å². The lowest BCUT2D eigenvalue weighted by molar-refractivity contribution is 0.278. The van der Waals surface area contributed by atoms with Gasteiger partial charge >= 0.3 is 0 Å². The van der Waals surface area contributed by atoms with E-state index in [-0.39, 0.29) is 17.0 Å². The molecule has 0 aliphatic rings. The number of rotatable bonds is 5. The summed E-state index contributed by atoms with van der Waals surface area (Å²) in [5, 5.41) is 10.9. The highest BCUT2D eigenvalue weighted by atomic mass is 32.2. The van der Waals surface area contributed by atoms with Gasteiger partial charge in [-0.25, -0.2) is 17.8 Å². The van der Waals surface area contributed by atoms with Crippen molar-refractivity contribution in [3.63, 3.8) is 0 Å². The number of aliphatic hydroxyl groups is 1. The standard InChI is InChI=1S/C12H13FN2O3S2/c1-15(5-11-7-19-8-14-11)20(17,18)12-4-10(13)3-2-9(12)6-16/h2-4,7-8,16H,5-6H2,1H3. The van der Waals surface area contributed by atoms with Gasteiger partial charge in [0.05, 0.1) is 29.3 Å². The zero-order valence-electron chi connectivity index (χ0n) is 10.7. The van der Waals surface area contributed by atoms with Gasteiger partial charge in [0.1, 0.15) is 5.82 Å². The summed E-state index contributed by atoms with van der Waals surface area (Å²) in [6, 6.07) is 3.29. The van der Waals surface area contributed by atoms with E-state index in [1.54, 1.807) is 10.9 Å². The van der Waals surface area contributed by atoms with Gasteiger partial charge in [-0.05, 0) is 17.7 Å². The first-order valence-corrected chi connectivity index (χ1v) is 8.06. The van der Waals surface area contributed by atoms with Crippen LogP contribution in [-0.4, -0.2) is 29.9 Å². The molecule has 0 radical (unpaired) electrons. The van der Waals surface area contributed by atoms with Gasteiger partial charge < -0.3 is 5.11 Å². The van der Waals surface area contributed by atoms with Crippen LogP contribution in [0.25, 0.3) is 0 Å². The molecule has 2 aromatic rings. The summed E-state index contributed by atoms with van der Waals surface area (Å²) in [7, 11) is -2.49. The molecule has 0 aliphatic heterocycles. The maximum Gasteiger partial charge on any atom is 0.243 e. The van der Waals surface area contributed by atoms with E-state index in [1.807, 2.05) is 0 Å². The Bertz CT molecular complexity index is 687. The molecule has 1 aromatic heterocycles. The van der Waals surface area contributed by atoms with Gasteiger partial charge in [0.25, 0.3) is 0 Å². The molecule has 0 aliphatic carbocycles. The van der Waals surface area contributed by atoms with Crippen molar-refractivity contribution in [2.75, 3.05) is 7.05 Å². The van der Waals surface area contributed by atoms with E-state index in [1.165, 1.54) is 24.5 Å². The fourth-order valence-electron chi connectivity index (χ4n) is 1.70. The lowest BCUT2D eigenvalue weighted by Crippen LogP contribution is -2.27. The zero-order chi connectivity index (χ0) is 14.8. The topological polar surface area (TPSA) is 70.5 Å². The van der Waals surface area contributed by atoms with Crippen molar-refractivity contribution in [2.24, 2.45) is 0 Å². The van der Waals surface area contributed by atoms with Crippen molar-refractivity contribution in [3.05, 3.63) is 46.2 Å². The highest BCUT2D eigenvalue weighted by Gasteiger charge is 2.24. The Hall–Kier alpha value is -1.35. The molecule has 1 N–H and O–H groups in total. The van der Waals surface area contributed by atoms with Gasteiger partial charge in [-0.2, -0.15) is 4.31 Å². The van der Waals surface area contributed by atoms with Crippen LogP contribution >= 0.6 is 11.3 Å². The number of sulfonamides is 1. The van der Waals surface area contributed by atoms with E-state index >= 15 is 0 Å². The molecule has 8 heteroatoms. The number of nitrogens with zero attached hydrogens (tertiary/aromatic N) is 2. The van der Waals surface area contributed by atoms with Crippen LogP contribution in [0.4, 0.5) is 4.39 Å². The fraction of sp³-hybridized carbons (Fsp3) is 0.250. The molecule has 0 amide bonds. The molecule has 0 saturated carbocycles. The molecular weight excluding hydrogens is 303 g/mol. The Morgan fingerprint density at radius 1 is 1.45 bits per heavy atom. The summed E-state index contributed by atoms with van der Waals surface area (Å²) < 4.78 is 39.2. The predicted molar refractivity (Wildman–Crippen MR) is 73.1 cm³/mol. The Labute approximate surface area is 120 Å². The molecule has 0 bridgehead atoms. The van der Waals surface area contributed by atoms with Crippen LogP contribution in [0.2, 0.25) is 0 Å². The average molecular weight is 316 g/mol. The second-order valence-electron chi connectivity index (χ2n) is 4.15. The molecule has 20 heavy (non-hydrogen) atoms. The third-order valence-corrected chi connectivity index (χ3v) is 5.28.